The maximum absolute atomic E-state index is 12.8. The highest BCUT2D eigenvalue weighted by atomic mass is 19.4. The first kappa shape index (κ1) is 11.0. The molecule has 1 aromatic carbocycles. The summed E-state index contributed by atoms with van der Waals surface area (Å²) in [5, 5.41) is 0. The molecular formula is C11H11F3N2. The Hall–Kier alpha value is -1.52. The van der Waals surface area contributed by atoms with E-state index < -0.39 is 11.7 Å². The summed E-state index contributed by atoms with van der Waals surface area (Å²) in [4.78, 5) is 3.96. The first-order valence-electron chi connectivity index (χ1n) is 4.81. The predicted molar refractivity (Wildman–Crippen MR) is 55.2 cm³/mol. The fourth-order valence-corrected chi connectivity index (χ4v) is 1.76. The van der Waals surface area contributed by atoms with Gasteiger partial charge in [0.15, 0.2) is 0 Å². The molecule has 2 rings (SSSR count). The third kappa shape index (κ3) is 1.56. The van der Waals surface area contributed by atoms with E-state index in [1.54, 1.807) is 31.5 Å². The van der Waals surface area contributed by atoms with Gasteiger partial charge in [-0.05, 0) is 31.5 Å². The van der Waals surface area contributed by atoms with Crippen molar-refractivity contribution in [3.63, 3.8) is 0 Å². The summed E-state index contributed by atoms with van der Waals surface area (Å²) >= 11 is 0. The number of halogens is 3. The number of imidazole rings is 1. The Bertz CT molecular complexity index is 552. The Morgan fingerprint density at radius 2 is 1.81 bits per heavy atom. The minimum Gasteiger partial charge on any atom is -0.331 e. The van der Waals surface area contributed by atoms with Crippen LogP contribution in [0.4, 0.5) is 13.2 Å². The Balaban J connectivity index is 2.89. The van der Waals surface area contributed by atoms with E-state index in [1.807, 2.05) is 0 Å². The molecule has 0 aliphatic heterocycles. The van der Waals surface area contributed by atoms with Crippen molar-refractivity contribution in [2.45, 2.75) is 20.0 Å². The number of rotatable bonds is 0. The van der Waals surface area contributed by atoms with Crippen molar-refractivity contribution in [2.75, 3.05) is 0 Å². The zero-order valence-electron chi connectivity index (χ0n) is 9.18. The van der Waals surface area contributed by atoms with Crippen LogP contribution in [0.2, 0.25) is 0 Å². The number of aryl methyl sites for hydroxylation is 3. The summed E-state index contributed by atoms with van der Waals surface area (Å²) in [6.45, 7) is 3.34. The van der Waals surface area contributed by atoms with E-state index in [4.69, 9.17) is 0 Å². The van der Waals surface area contributed by atoms with Crippen LogP contribution in [0.25, 0.3) is 11.0 Å². The highest BCUT2D eigenvalue weighted by molar-refractivity contribution is 5.81. The van der Waals surface area contributed by atoms with Crippen molar-refractivity contribution in [3.8, 4) is 0 Å². The van der Waals surface area contributed by atoms with Gasteiger partial charge in [-0.2, -0.15) is 13.2 Å². The highest BCUT2D eigenvalue weighted by Crippen LogP contribution is 2.35. The number of aromatic nitrogens is 2. The van der Waals surface area contributed by atoms with Crippen LogP contribution in [0.3, 0.4) is 0 Å². The van der Waals surface area contributed by atoms with Crippen LogP contribution >= 0.6 is 0 Å². The number of fused-ring (bicyclic) bond motifs is 1. The molecule has 0 radical (unpaired) electrons. The molecule has 86 valence electrons. The van der Waals surface area contributed by atoms with Gasteiger partial charge in [0, 0.05) is 7.05 Å². The van der Waals surface area contributed by atoms with E-state index in [0.29, 0.717) is 16.9 Å². The van der Waals surface area contributed by atoms with Crippen LogP contribution < -0.4 is 0 Å². The minimum atomic E-state index is -4.36. The number of hydrogen-bond donors (Lipinski definition) is 0. The lowest BCUT2D eigenvalue weighted by Crippen LogP contribution is -2.06. The first-order chi connectivity index (χ1) is 7.30. The van der Waals surface area contributed by atoms with Crippen LogP contribution in [0.1, 0.15) is 17.0 Å². The fraction of sp³-hybridized carbons (Fsp3) is 0.364. The first-order valence-corrected chi connectivity index (χ1v) is 4.81. The average molecular weight is 228 g/mol. The molecule has 2 nitrogen and oxygen atoms in total. The van der Waals surface area contributed by atoms with Crippen LogP contribution in [-0.4, -0.2) is 9.55 Å². The molecule has 0 aliphatic carbocycles. The zero-order valence-corrected chi connectivity index (χ0v) is 9.18. The summed E-state index contributed by atoms with van der Waals surface area (Å²) in [5.74, 6) is 0.575. The van der Waals surface area contributed by atoms with E-state index in [0.717, 1.165) is 6.07 Å². The SMILES string of the molecule is Cc1cc(C(F)(F)F)c2nc(C)n(C)c2c1. The third-order valence-electron chi connectivity index (χ3n) is 2.66. The summed E-state index contributed by atoms with van der Waals surface area (Å²) in [6, 6.07) is 2.85. The number of alkyl halides is 3. The summed E-state index contributed by atoms with van der Waals surface area (Å²) in [7, 11) is 1.71. The van der Waals surface area contributed by atoms with E-state index >= 15 is 0 Å². The van der Waals surface area contributed by atoms with Crippen molar-refractivity contribution < 1.29 is 13.2 Å². The molecular weight excluding hydrogens is 217 g/mol. The maximum atomic E-state index is 12.8. The molecule has 0 saturated carbocycles. The molecule has 5 heteroatoms. The number of benzene rings is 1. The van der Waals surface area contributed by atoms with Crippen molar-refractivity contribution in [1.29, 1.82) is 0 Å². The second-order valence-electron chi connectivity index (χ2n) is 3.90. The summed E-state index contributed by atoms with van der Waals surface area (Å²) in [6.07, 6.45) is -4.36. The molecule has 0 N–H and O–H groups in total. The quantitative estimate of drug-likeness (QED) is 0.677. The zero-order chi connectivity index (χ0) is 12.1. The lowest BCUT2D eigenvalue weighted by Gasteiger charge is -2.08. The van der Waals surface area contributed by atoms with Gasteiger partial charge in [-0.3, -0.25) is 0 Å². The Kier molecular flexibility index (Phi) is 2.22. The van der Waals surface area contributed by atoms with Gasteiger partial charge >= 0.3 is 6.18 Å². The Morgan fingerprint density at radius 1 is 1.19 bits per heavy atom. The lowest BCUT2D eigenvalue weighted by molar-refractivity contribution is -0.136. The van der Waals surface area contributed by atoms with E-state index in [9.17, 15) is 13.2 Å². The van der Waals surface area contributed by atoms with Gasteiger partial charge < -0.3 is 4.57 Å². The van der Waals surface area contributed by atoms with E-state index in [-0.39, 0.29) is 5.52 Å². The average Bonchev–Trinajstić information content (AvgIpc) is 2.42. The second-order valence-corrected chi connectivity index (χ2v) is 3.90. The molecule has 0 bridgehead atoms. The molecule has 0 atom stereocenters. The molecule has 0 amide bonds. The van der Waals surface area contributed by atoms with Gasteiger partial charge in [-0.1, -0.05) is 0 Å². The fourth-order valence-electron chi connectivity index (χ4n) is 1.76. The smallest absolute Gasteiger partial charge is 0.331 e. The van der Waals surface area contributed by atoms with Crippen LogP contribution in [0.15, 0.2) is 12.1 Å². The standard InChI is InChI=1S/C11H11F3N2/c1-6-4-8(11(12,13)14)10-9(5-6)16(3)7(2)15-10/h4-5H,1-3H3. The second kappa shape index (κ2) is 3.23. The van der Waals surface area contributed by atoms with Crippen LogP contribution in [0.5, 0.6) is 0 Å². The summed E-state index contributed by atoms with van der Waals surface area (Å²) < 4.78 is 40.0. The molecule has 16 heavy (non-hydrogen) atoms. The molecule has 1 aromatic heterocycles. The molecule has 0 spiro atoms. The van der Waals surface area contributed by atoms with Crippen molar-refractivity contribution in [2.24, 2.45) is 7.05 Å². The maximum Gasteiger partial charge on any atom is 0.418 e. The van der Waals surface area contributed by atoms with Crippen molar-refractivity contribution in [1.82, 2.24) is 9.55 Å². The van der Waals surface area contributed by atoms with Crippen molar-refractivity contribution in [3.05, 3.63) is 29.1 Å². The largest absolute Gasteiger partial charge is 0.418 e. The Labute approximate surface area is 90.7 Å². The van der Waals surface area contributed by atoms with Gasteiger partial charge in [-0.15, -0.1) is 0 Å². The normalized spacial score (nSPS) is 12.4. The van der Waals surface area contributed by atoms with Gasteiger partial charge in [0.2, 0.25) is 0 Å². The Morgan fingerprint density at radius 3 is 2.38 bits per heavy atom. The molecule has 0 fully saturated rings. The van der Waals surface area contributed by atoms with Gasteiger partial charge in [-0.25, -0.2) is 4.98 Å². The molecule has 0 aliphatic rings. The van der Waals surface area contributed by atoms with Crippen LogP contribution in [0, 0.1) is 13.8 Å². The topological polar surface area (TPSA) is 17.8 Å². The van der Waals surface area contributed by atoms with E-state index in [1.165, 1.54) is 0 Å². The third-order valence-corrected chi connectivity index (χ3v) is 2.66. The van der Waals surface area contributed by atoms with Gasteiger partial charge in [0.1, 0.15) is 11.3 Å². The summed E-state index contributed by atoms with van der Waals surface area (Å²) in [5.41, 5.74) is 0.469. The van der Waals surface area contributed by atoms with E-state index in [2.05, 4.69) is 4.98 Å². The molecule has 0 saturated heterocycles. The molecule has 0 unspecified atom stereocenters. The lowest BCUT2D eigenvalue weighted by atomic mass is 10.1. The number of nitrogens with zero attached hydrogens (tertiary/aromatic N) is 2. The minimum absolute atomic E-state index is 0.0260. The molecule has 1 heterocycles. The predicted octanol–water partition coefficient (Wildman–Crippen LogP) is 3.21. The van der Waals surface area contributed by atoms with Gasteiger partial charge in [0.05, 0.1) is 11.1 Å². The van der Waals surface area contributed by atoms with Crippen molar-refractivity contribution >= 4 is 11.0 Å². The number of hydrogen-bond acceptors (Lipinski definition) is 1. The van der Waals surface area contributed by atoms with Gasteiger partial charge in [0.25, 0.3) is 0 Å². The van der Waals surface area contributed by atoms with Crippen LogP contribution in [-0.2, 0) is 13.2 Å². The monoisotopic (exact) mass is 228 g/mol. The highest BCUT2D eigenvalue weighted by Gasteiger charge is 2.34. The molecule has 2 aromatic rings.